The van der Waals surface area contributed by atoms with E-state index in [9.17, 15) is 0 Å². The van der Waals surface area contributed by atoms with Gasteiger partial charge in [-0.25, -0.2) is 0 Å². The van der Waals surface area contributed by atoms with Gasteiger partial charge in [0.15, 0.2) is 0 Å². The number of thioether (sulfide) groups is 1. The molecule has 2 unspecified atom stereocenters. The first kappa shape index (κ1) is 15.5. The number of hydrogen-bond acceptors (Lipinski definition) is 3. The Morgan fingerprint density at radius 3 is 2.95 bits per heavy atom. The fraction of sp³-hybridized carbons (Fsp3) is 0.571. The van der Waals surface area contributed by atoms with Gasteiger partial charge in [0, 0.05) is 34.8 Å². The molecular weight excluding hydrogens is 299 g/mol. The third-order valence-corrected chi connectivity index (χ3v) is 5.32. The van der Waals surface area contributed by atoms with Gasteiger partial charge < -0.3 is 10.6 Å². The van der Waals surface area contributed by atoms with Gasteiger partial charge in [-0.2, -0.15) is 0 Å². The summed E-state index contributed by atoms with van der Waals surface area (Å²) in [6.45, 7) is 5.48. The summed E-state index contributed by atoms with van der Waals surface area (Å²) in [6, 6.07) is 5.92. The van der Waals surface area contributed by atoms with Crippen LogP contribution >= 0.6 is 35.0 Å². The summed E-state index contributed by atoms with van der Waals surface area (Å²) in [7, 11) is 0. The average Bonchev–Trinajstić information content (AvgIpc) is 2.82. The van der Waals surface area contributed by atoms with E-state index < -0.39 is 0 Å². The van der Waals surface area contributed by atoms with E-state index in [-0.39, 0.29) is 0 Å². The molecule has 0 aromatic heterocycles. The van der Waals surface area contributed by atoms with Crippen LogP contribution in [0.25, 0.3) is 0 Å². The van der Waals surface area contributed by atoms with Crippen LogP contribution in [0.3, 0.4) is 0 Å². The molecule has 2 nitrogen and oxygen atoms in total. The van der Waals surface area contributed by atoms with Gasteiger partial charge in [0.1, 0.15) is 0 Å². The molecule has 0 amide bonds. The third kappa shape index (κ3) is 4.54. The van der Waals surface area contributed by atoms with E-state index in [1.807, 2.05) is 18.2 Å². The Hall–Kier alpha value is 0.0700. The third-order valence-electron chi connectivity index (χ3n) is 3.61. The zero-order chi connectivity index (χ0) is 13.8. The molecule has 19 heavy (non-hydrogen) atoms. The van der Waals surface area contributed by atoms with Crippen molar-refractivity contribution in [2.75, 3.05) is 25.4 Å². The lowest BCUT2D eigenvalue weighted by molar-refractivity contribution is 0.334. The lowest BCUT2D eigenvalue weighted by atomic mass is 10.0. The van der Waals surface area contributed by atoms with Crippen LogP contribution in [0.1, 0.15) is 13.3 Å². The Morgan fingerprint density at radius 2 is 2.26 bits per heavy atom. The molecule has 1 aromatic carbocycles. The highest BCUT2D eigenvalue weighted by Crippen LogP contribution is 2.30. The van der Waals surface area contributed by atoms with Gasteiger partial charge in [-0.3, -0.25) is 0 Å². The summed E-state index contributed by atoms with van der Waals surface area (Å²) in [5.74, 6) is 1.69. The molecule has 1 aliphatic heterocycles. The molecule has 2 atom stereocenters. The number of likely N-dealkylation sites (tertiary alicyclic amines) is 1. The van der Waals surface area contributed by atoms with Crippen molar-refractivity contribution in [1.82, 2.24) is 4.90 Å². The van der Waals surface area contributed by atoms with E-state index in [4.69, 9.17) is 28.9 Å². The summed E-state index contributed by atoms with van der Waals surface area (Å²) in [5.41, 5.74) is 5.95. The second kappa shape index (κ2) is 7.19. The van der Waals surface area contributed by atoms with Gasteiger partial charge >= 0.3 is 0 Å². The van der Waals surface area contributed by atoms with Crippen molar-refractivity contribution in [2.24, 2.45) is 11.7 Å². The molecule has 2 N–H and O–H groups in total. The first-order chi connectivity index (χ1) is 9.06. The first-order valence-corrected chi connectivity index (χ1v) is 8.36. The molecule has 0 spiro atoms. The van der Waals surface area contributed by atoms with Gasteiger partial charge in [0.05, 0.1) is 5.02 Å². The zero-order valence-electron chi connectivity index (χ0n) is 11.1. The van der Waals surface area contributed by atoms with Crippen LogP contribution in [0, 0.1) is 5.92 Å². The van der Waals surface area contributed by atoms with Crippen LogP contribution in [0.2, 0.25) is 10.0 Å². The van der Waals surface area contributed by atoms with Crippen molar-refractivity contribution in [3.05, 3.63) is 28.2 Å². The minimum Gasteiger partial charge on any atom is -0.328 e. The van der Waals surface area contributed by atoms with Crippen molar-refractivity contribution in [1.29, 1.82) is 0 Å². The zero-order valence-corrected chi connectivity index (χ0v) is 13.4. The Morgan fingerprint density at radius 1 is 1.47 bits per heavy atom. The molecule has 0 saturated carbocycles. The molecule has 1 heterocycles. The highest BCUT2D eigenvalue weighted by Gasteiger charge is 2.24. The van der Waals surface area contributed by atoms with Crippen LogP contribution in [-0.2, 0) is 0 Å². The minimum absolute atomic E-state index is 0.306. The van der Waals surface area contributed by atoms with Crippen molar-refractivity contribution in [3.63, 3.8) is 0 Å². The maximum absolute atomic E-state index is 6.15. The van der Waals surface area contributed by atoms with Crippen molar-refractivity contribution in [3.8, 4) is 0 Å². The van der Waals surface area contributed by atoms with Crippen LogP contribution in [-0.4, -0.2) is 36.3 Å². The van der Waals surface area contributed by atoms with Crippen LogP contribution in [0.5, 0.6) is 0 Å². The molecule has 106 valence electrons. The summed E-state index contributed by atoms with van der Waals surface area (Å²) in [4.78, 5) is 3.55. The monoisotopic (exact) mass is 318 g/mol. The summed E-state index contributed by atoms with van der Waals surface area (Å²) >= 11 is 13.9. The Balaban J connectivity index is 1.77. The van der Waals surface area contributed by atoms with Gasteiger partial charge in [-0.1, -0.05) is 23.2 Å². The summed E-state index contributed by atoms with van der Waals surface area (Å²) in [6.07, 6.45) is 1.22. The Labute approximate surface area is 129 Å². The minimum atomic E-state index is 0.306. The van der Waals surface area contributed by atoms with E-state index in [0.717, 1.165) is 40.3 Å². The highest BCUT2D eigenvalue weighted by atomic mass is 35.5. The second-order valence-electron chi connectivity index (χ2n) is 5.13. The van der Waals surface area contributed by atoms with Gasteiger partial charge in [0.2, 0.25) is 0 Å². The van der Waals surface area contributed by atoms with E-state index in [2.05, 4.69) is 11.8 Å². The van der Waals surface area contributed by atoms with E-state index in [0.29, 0.717) is 12.0 Å². The lowest BCUT2D eigenvalue weighted by Crippen LogP contribution is -2.30. The highest BCUT2D eigenvalue weighted by molar-refractivity contribution is 7.99. The van der Waals surface area contributed by atoms with Crippen molar-refractivity contribution in [2.45, 2.75) is 24.3 Å². The van der Waals surface area contributed by atoms with Crippen LogP contribution in [0.4, 0.5) is 0 Å². The largest absolute Gasteiger partial charge is 0.328 e. The molecule has 0 aliphatic carbocycles. The average molecular weight is 319 g/mol. The number of nitrogens with zero attached hydrogens (tertiary/aromatic N) is 1. The lowest BCUT2D eigenvalue weighted by Gasteiger charge is -2.17. The SMILES string of the molecule is CC(N)C1CCN(CCSc2cc(Cl)ccc2Cl)C1. The maximum atomic E-state index is 6.15. The van der Waals surface area contributed by atoms with Crippen LogP contribution < -0.4 is 5.73 Å². The molecule has 1 saturated heterocycles. The molecule has 2 rings (SSSR count). The van der Waals surface area contributed by atoms with E-state index >= 15 is 0 Å². The molecule has 1 aliphatic rings. The summed E-state index contributed by atoms with van der Waals surface area (Å²) < 4.78 is 0. The van der Waals surface area contributed by atoms with E-state index in [1.165, 1.54) is 6.42 Å². The number of nitrogens with two attached hydrogens (primary N) is 1. The number of halogens is 2. The molecule has 5 heteroatoms. The molecule has 0 bridgehead atoms. The van der Waals surface area contributed by atoms with Gasteiger partial charge in [-0.15, -0.1) is 11.8 Å². The molecular formula is C14H20Cl2N2S. The Kier molecular flexibility index (Phi) is 5.85. The maximum Gasteiger partial charge on any atom is 0.0542 e. The smallest absolute Gasteiger partial charge is 0.0542 e. The van der Waals surface area contributed by atoms with Crippen molar-refractivity contribution < 1.29 is 0 Å². The number of hydrogen-bond donors (Lipinski definition) is 1. The quantitative estimate of drug-likeness (QED) is 0.838. The molecule has 1 fully saturated rings. The van der Waals surface area contributed by atoms with Crippen LogP contribution in [0.15, 0.2) is 23.1 Å². The predicted molar refractivity (Wildman–Crippen MR) is 85.4 cm³/mol. The molecule has 0 radical (unpaired) electrons. The number of benzene rings is 1. The standard InChI is InChI=1S/C14H20Cl2N2S/c1-10(17)11-4-5-18(9-11)6-7-19-14-8-12(15)2-3-13(14)16/h2-3,8,10-11H,4-7,9,17H2,1H3. The van der Waals surface area contributed by atoms with E-state index in [1.54, 1.807) is 11.8 Å². The summed E-state index contributed by atoms with van der Waals surface area (Å²) in [5, 5.41) is 1.52. The second-order valence-corrected chi connectivity index (χ2v) is 7.11. The fourth-order valence-electron chi connectivity index (χ4n) is 2.37. The Bertz CT molecular complexity index is 426. The topological polar surface area (TPSA) is 29.3 Å². The predicted octanol–water partition coefficient (Wildman–Crippen LogP) is 3.75. The number of rotatable bonds is 5. The fourth-order valence-corrected chi connectivity index (χ4v) is 3.87. The molecule has 1 aromatic rings. The van der Waals surface area contributed by atoms with Crippen molar-refractivity contribution >= 4 is 35.0 Å². The van der Waals surface area contributed by atoms with Gasteiger partial charge in [0.25, 0.3) is 0 Å². The first-order valence-electron chi connectivity index (χ1n) is 6.62. The normalized spacial score (nSPS) is 21.8. The van der Waals surface area contributed by atoms with Gasteiger partial charge in [-0.05, 0) is 44.0 Å².